The first kappa shape index (κ1) is 10.6. The van der Waals surface area contributed by atoms with Gasteiger partial charge in [-0.25, -0.2) is 9.67 Å². The minimum atomic E-state index is 0.701. The number of hydrogen-bond donors (Lipinski definition) is 0. The van der Waals surface area contributed by atoms with Crippen LogP contribution >= 0.6 is 0 Å². The third-order valence-corrected chi connectivity index (χ3v) is 2.64. The lowest BCUT2D eigenvalue weighted by Gasteiger charge is -1.97. The van der Waals surface area contributed by atoms with Crippen molar-refractivity contribution in [2.75, 3.05) is 0 Å². The predicted octanol–water partition coefficient (Wildman–Crippen LogP) is 1.94. The smallest absolute Gasteiger partial charge is 0.181 e. The van der Waals surface area contributed by atoms with E-state index < -0.39 is 0 Å². The van der Waals surface area contributed by atoms with Crippen molar-refractivity contribution in [1.82, 2.24) is 24.7 Å². The minimum absolute atomic E-state index is 0.701. The van der Waals surface area contributed by atoms with E-state index in [0.29, 0.717) is 5.82 Å². The SMILES string of the molecule is Cn1nc(-c2ccncc2)nc1-c1ccncc1. The Bertz CT molecular complexity index is 646. The number of nitrogens with zero attached hydrogens (tertiary/aromatic N) is 5. The van der Waals surface area contributed by atoms with Crippen LogP contribution in [0.25, 0.3) is 22.8 Å². The van der Waals surface area contributed by atoms with E-state index in [2.05, 4.69) is 20.1 Å². The number of pyridine rings is 2. The van der Waals surface area contributed by atoms with Crippen LogP contribution in [0.1, 0.15) is 0 Å². The van der Waals surface area contributed by atoms with Crippen LogP contribution in [0.4, 0.5) is 0 Å². The van der Waals surface area contributed by atoms with Crippen molar-refractivity contribution in [3.8, 4) is 22.8 Å². The van der Waals surface area contributed by atoms with Gasteiger partial charge in [0.1, 0.15) is 0 Å². The second-order valence-electron chi connectivity index (χ2n) is 3.85. The summed E-state index contributed by atoms with van der Waals surface area (Å²) in [6.45, 7) is 0. The molecule has 0 aliphatic rings. The third-order valence-electron chi connectivity index (χ3n) is 2.64. The van der Waals surface area contributed by atoms with Crippen LogP contribution in [0.5, 0.6) is 0 Å². The second-order valence-corrected chi connectivity index (χ2v) is 3.85. The number of aromatic nitrogens is 5. The largest absolute Gasteiger partial charge is 0.265 e. The first-order chi connectivity index (χ1) is 8.84. The topological polar surface area (TPSA) is 56.5 Å². The van der Waals surface area contributed by atoms with Gasteiger partial charge in [-0.1, -0.05) is 0 Å². The highest BCUT2D eigenvalue weighted by Gasteiger charge is 2.10. The summed E-state index contributed by atoms with van der Waals surface area (Å²) in [5, 5.41) is 4.41. The summed E-state index contributed by atoms with van der Waals surface area (Å²) in [6.07, 6.45) is 6.96. The molecule has 0 aliphatic carbocycles. The van der Waals surface area contributed by atoms with Crippen molar-refractivity contribution in [2.24, 2.45) is 7.05 Å². The van der Waals surface area contributed by atoms with Crippen molar-refractivity contribution in [1.29, 1.82) is 0 Å². The molecule has 0 bridgehead atoms. The summed E-state index contributed by atoms with van der Waals surface area (Å²) in [6, 6.07) is 7.62. The molecule has 3 aromatic heterocycles. The summed E-state index contributed by atoms with van der Waals surface area (Å²) in [4.78, 5) is 12.5. The fraction of sp³-hybridized carbons (Fsp3) is 0.0769. The molecule has 3 aromatic rings. The van der Waals surface area contributed by atoms with Crippen LogP contribution in [-0.2, 0) is 7.05 Å². The van der Waals surface area contributed by atoms with Crippen LogP contribution < -0.4 is 0 Å². The fourth-order valence-corrected chi connectivity index (χ4v) is 1.76. The molecule has 0 spiro atoms. The summed E-state index contributed by atoms with van der Waals surface area (Å²) in [5.41, 5.74) is 1.96. The predicted molar refractivity (Wildman–Crippen MR) is 67.5 cm³/mol. The van der Waals surface area contributed by atoms with E-state index in [1.165, 1.54) is 0 Å². The molecule has 0 fully saturated rings. The van der Waals surface area contributed by atoms with Crippen LogP contribution in [-0.4, -0.2) is 24.7 Å². The molecule has 5 heteroatoms. The highest BCUT2D eigenvalue weighted by molar-refractivity contribution is 5.60. The van der Waals surface area contributed by atoms with Gasteiger partial charge in [-0.2, -0.15) is 5.10 Å². The zero-order valence-electron chi connectivity index (χ0n) is 9.85. The molecule has 88 valence electrons. The average Bonchev–Trinajstić information content (AvgIpc) is 2.83. The van der Waals surface area contributed by atoms with Gasteiger partial charge in [-0.05, 0) is 24.3 Å². The van der Waals surface area contributed by atoms with E-state index in [1.807, 2.05) is 31.3 Å². The van der Waals surface area contributed by atoms with Gasteiger partial charge in [0.05, 0.1) is 0 Å². The quantitative estimate of drug-likeness (QED) is 0.683. The Morgan fingerprint density at radius 1 is 0.833 bits per heavy atom. The molecule has 0 aliphatic heterocycles. The molecule has 0 atom stereocenters. The summed E-state index contributed by atoms with van der Waals surface area (Å²) >= 11 is 0. The van der Waals surface area contributed by atoms with Crippen LogP contribution in [0.3, 0.4) is 0 Å². The normalized spacial score (nSPS) is 10.5. The molecule has 0 radical (unpaired) electrons. The van der Waals surface area contributed by atoms with Gasteiger partial charge in [0, 0.05) is 43.0 Å². The van der Waals surface area contributed by atoms with Crippen LogP contribution in [0.15, 0.2) is 49.1 Å². The van der Waals surface area contributed by atoms with Crippen molar-refractivity contribution < 1.29 is 0 Å². The van der Waals surface area contributed by atoms with Gasteiger partial charge in [-0.15, -0.1) is 0 Å². The Morgan fingerprint density at radius 3 is 2.00 bits per heavy atom. The Kier molecular flexibility index (Phi) is 2.57. The molecule has 18 heavy (non-hydrogen) atoms. The average molecular weight is 237 g/mol. The Labute approximate surface area is 104 Å². The van der Waals surface area contributed by atoms with Crippen LogP contribution in [0, 0.1) is 0 Å². The summed E-state index contributed by atoms with van der Waals surface area (Å²) in [5.74, 6) is 1.52. The number of rotatable bonds is 2. The molecule has 0 unspecified atom stereocenters. The minimum Gasteiger partial charge on any atom is -0.265 e. The molecule has 0 saturated carbocycles. The molecule has 3 rings (SSSR count). The van der Waals surface area contributed by atoms with Gasteiger partial charge < -0.3 is 0 Å². The maximum absolute atomic E-state index is 4.55. The highest BCUT2D eigenvalue weighted by Crippen LogP contribution is 2.20. The standard InChI is InChI=1S/C13H11N5/c1-18-13(11-4-8-15-9-5-11)16-12(17-18)10-2-6-14-7-3-10/h2-9H,1H3. The molecule has 0 saturated heterocycles. The van der Waals surface area contributed by atoms with E-state index in [4.69, 9.17) is 0 Å². The van der Waals surface area contributed by atoms with Crippen molar-refractivity contribution in [3.63, 3.8) is 0 Å². The molecule has 0 amide bonds. The lowest BCUT2D eigenvalue weighted by molar-refractivity contribution is 0.777. The monoisotopic (exact) mass is 237 g/mol. The summed E-state index contributed by atoms with van der Waals surface area (Å²) in [7, 11) is 1.88. The molecule has 0 aromatic carbocycles. The number of hydrogen-bond acceptors (Lipinski definition) is 4. The zero-order valence-corrected chi connectivity index (χ0v) is 9.85. The highest BCUT2D eigenvalue weighted by atomic mass is 15.3. The Morgan fingerprint density at radius 2 is 1.39 bits per heavy atom. The lowest BCUT2D eigenvalue weighted by Crippen LogP contribution is -1.94. The maximum atomic E-state index is 4.55. The van der Waals surface area contributed by atoms with E-state index in [1.54, 1.807) is 29.5 Å². The van der Waals surface area contributed by atoms with Gasteiger partial charge in [0.15, 0.2) is 11.6 Å². The van der Waals surface area contributed by atoms with E-state index >= 15 is 0 Å². The molecule has 3 heterocycles. The second kappa shape index (κ2) is 4.37. The van der Waals surface area contributed by atoms with Gasteiger partial charge >= 0.3 is 0 Å². The molecule has 5 nitrogen and oxygen atoms in total. The first-order valence-corrected chi connectivity index (χ1v) is 5.56. The van der Waals surface area contributed by atoms with Crippen LogP contribution in [0.2, 0.25) is 0 Å². The summed E-state index contributed by atoms with van der Waals surface area (Å²) < 4.78 is 1.77. The molecular weight excluding hydrogens is 226 g/mol. The maximum Gasteiger partial charge on any atom is 0.181 e. The van der Waals surface area contributed by atoms with Crippen molar-refractivity contribution >= 4 is 0 Å². The van der Waals surface area contributed by atoms with E-state index in [-0.39, 0.29) is 0 Å². The van der Waals surface area contributed by atoms with Gasteiger partial charge in [-0.3, -0.25) is 9.97 Å². The van der Waals surface area contributed by atoms with E-state index in [0.717, 1.165) is 17.0 Å². The third kappa shape index (κ3) is 1.86. The Balaban J connectivity index is 2.07. The molecular formula is C13H11N5. The van der Waals surface area contributed by atoms with Crippen molar-refractivity contribution in [2.45, 2.75) is 0 Å². The first-order valence-electron chi connectivity index (χ1n) is 5.56. The fourth-order valence-electron chi connectivity index (χ4n) is 1.76. The zero-order chi connectivity index (χ0) is 12.4. The Hall–Kier alpha value is -2.56. The molecule has 0 N–H and O–H groups in total. The lowest BCUT2D eigenvalue weighted by atomic mass is 10.2. The number of aryl methyl sites for hydroxylation is 1. The van der Waals surface area contributed by atoms with Gasteiger partial charge in [0.25, 0.3) is 0 Å². The van der Waals surface area contributed by atoms with E-state index in [9.17, 15) is 0 Å². The van der Waals surface area contributed by atoms with Gasteiger partial charge in [0.2, 0.25) is 0 Å². The van der Waals surface area contributed by atoms with Crippen molar-refractivity contribution in [3.05, 3.63) is 49.1 Å².